The number of aliphatic carboxylic acids is 1. The zero-order valence-electron chi connectivity index (χ0n) is 28.0. The van der Waals surface area contributed by atoms with Crippen LogP contribution < -0.4 is 33.2 Å². The predicted octanol–water partition coefficient (Wildman–Crippen LogP) is 0.637. The van der Waals surface area contributed by atoms with Crippen molar-refractivity contribution in [2.24, 2.45) is 28.5 Å². The van der Waals surface area contributed by atoms with E-state index in [1.807, 2.05) is 65.0 Å². The number of unbranched alkanes of at least 4 members (excludes halogenated alkanes) is 1. The van der Waals surface area contributed by atoms with Gasteiger partial charge in [0.25, 0.3) is 0 Å². The SMILES string of the molecule is CC(C)C[C@@H](NC(=O)[C@@H](Cc1ccccc1)NC(=O)C(N)C(C)(C)C)C(=O)N[C@H](CCCCN)C(=O)N1CCC(N)(C(=O)O)CC1. The zero-order chi connectivity index (χ0) is 34.7. The number of nitrogens with two attached hydrogens (primary N) is 3. The number of carbonyl (C=O) groups excluding carboxylic acids is 4. The van der Waals surface area contributed by atoms with Crippen molar-refractivity contribution in [2.45, 2.75) is 109 Å². The van der Waals surface area contributed by atoms with E-state index >= 15 is 0 Å². The molecule has 1 saturated heterocycles. The number of benzene rings is 1. The summed E-state index contributed by atoms with van der Waals surface area (Å²) in [6.07, 6.45) is 2.20. The van der Waals surface area contributed by atoms with E-state index in [1.54, 1.807) is 0 Å². The molecule has 1 aromatic rings. The molecule has 1 aliphatic heterocycles. The van der Waals surface area contributed by atoms with E-state index in [2.05, 4.69) is 16.0 Å². The Morgan fingerprint density at radius 3 is 1.96 bits per heavy atom. The van der Waals surface area contributed by atoms with Gasteiger partial charge in [-0.1, -0.05) is 65.0 Å². The van der Waals surface area contributed by atoms with Crippen molar-refractivity contribution in [1.82, 2.24) is 20.9 Å². The maximum atomic E-state index is 13.8. The minimum atomic E-state index is -1.40. The minimum absolute atomic E-state index is 0.00899. The lowest BCUT2D eigenvalue weighted by Gasteiger charge is -2.38. The number of carboxylic acids is 1. The third-order valence-corrected chi connectivity index (χ3v) is 8.43. The van der Waals surface area contributed by atoms with Crippen LogP contribution in [-0.2, 0) is 30.4 Å². The molecule has 1 unspecified atom stereocenters. The highest BCUT2D eigenvalue weighted by Gasteiger charge is 2.40. The molecule has 258 valence electrons. The van der Waals surface area contributed by atoms with Gasteiger partial charge in [-0.3, -0.25) is 24.0 Å². The fraction of sp³-hybridized carbons (Fsp3) is 0.667. The quantitative estimate of drug-likeness (QED) is 0.125. The normalized spacial score (nSPS) is 17.4. The number of piperidine rings is 1. The molecule has 0 bridgehead atoms. The smallest absolute Gasteiger partial charge is 0.323 e. The fourth-order valence-electron chi connectivity index (χ4n) is 5.27. The van der Waals surface area contributed by atoms with Gasteiger partial charge in [-0.25, -0.2) is 0 Å². The topological polar surface area (TPSA) is 223 Å². The van der Waals surface area contributed by atoms with Crippen molar-refractivity contribution in [2.75, 3.05) is 19.6 Å². The second kappa shape index (κ2) is 17.4. The molecule has 13 nitrogen and oxygen atoms in total. The summed E-state index contributed by atoms with van der Waals surface area (Å²) in [6.45, 7) is 10.0. The van der Waals surface area contributed by atoms with Crippen LogP contribution in [0, 0.1) is 11.3 Å². The Kier molecular flexibility index (Phi) is 14.6. The number of carbonyl (C=O) groups is 5. The van der Waals surface area contributed by atoms with Gasteiger partial charge in [0, 0.05) is 19.5 Å². The third-order valence-electron chi connectivity index (χ3n) is 8.43. The van der Waals surface area contributed by atoms with Crippen LogP contribution >= 0.6 is 0 Å². The monoisotopic (exact) mass is 645 g/mol. The Balaban J connectivity index is 2.26. The van der Waals surface area contributed by atoms with Gasteiger partial charge in [0.05, 0.1) is 6.04 Å². The van der Waals surface area contributed by atoms with E-state index in [0.29, 0.717) is 25.8 Å². The number of nitrogens with one attached hydrogen (secondary N) is 3. The maximum Gasteiger partial charge on any atom is 0.323 e. The van der Waals surface area contributed by atoms with E-state index in [1.165, 1.54) is 4.90 Å². The van der Waals surface area contributed by atoms with Crippen molar-refractivity contribution in [3.05, 3.63) is 35.9 Å². The molecule has 13 heteroatoms. The molecular weight excluding hydrogens is 590 g/mol. The fourth-order valence-corrected chi connectivity index (χ4v) is 5.27. The molecule has 0 spiro atoms. The van der Waals surface area contributed by atoms with E-state index in [0.717, 1.165) is 5.56 Å². The first-order valence-electron chi connectivity index (χ1n) is 16.2. The van der Waals surface area contributed by atoms with Crippen LogP contribution in [0.3, 0.4) is 0 Å². The molecule has 1 aliphatic rings. The van der Waals surface area contributed by atoms with Crippen molar-refractivity contribution in [3.63, 3.8) is 0 Å². The second-order valence-electron chi connectivity index (χ2n) is 13.9. The molecule has 1 aromatic carbocycles. The molecule has 0 saturated carbocycles. The van der Waals surface area contributed by atoms with Gasteiger partial charge in [-0.2, -0.15) is 0 Å². The Labute approximate surface area is 272 Å². The number of carboxylic acid groups (broad SMARTS) is 1. The van der Waals surface area contributed by atoms with Crippen LogP contribution in [0.15, 0.2) is 30.3 Å². The molecule has 2 rings (SSSR count). The Hall–Kier alpha value is -3.55. The van der Waals surface area contributed by atoms with Crippen LogP contribution in [-0.4, -0.2) is 88.9 Å². The first-order chi connectivity index (χ1) is 21.5. The van der Waals surface area contributed by atoms with Gasteiger partial charge in [0.1, 0.15) is 23.7 Å². The van der Waals surface area contributed by atoms with Crippen molar-refractivity contribution in [1.29, 1.82) is 0 Å². The van der Waals surface area contributed by atoms with Gasteiger partial charge in [-0.05, 0) is 62.0 Å². The van der Waals surface area contributed by atoms with Gasteiger partial charge in [-0.15, -0.1) is 0 Å². The second-order valence-corrected chi connectivity index (χ2v) is 13.9. The summed E-state index contributed by atoms with van der Waals surface area (Å²) in [5, 5.41) is 17.9. The summed E-state index contributed by atoms with van der Waals surface area (Å²) in [5.74, 6) is -2.99. The highest BCUT2D eigenvalue weighted by molar-refractivity contribution is 5.95. The number of likely N-dealkylation sites (tertiary alicyclic amines) is 1. The first-order valence-corrected chi connectivity index (χ1v) is 16.2. The third kappa shape index (κ3) is 11.7. The van der Waals surface area contributed by atoms with Crippen molar-refractivity contribution < 1.29 is 29.1 Å². The van der Waals surface area contributed by atoms with Gasteiger partial charge < -0.3 is 43.2 Å². The zero-order valence-corrected chi connectivity index (χ0v) is 28.0. The Morgan fingerprint density at radius 1 is 0.891 bits per heavy atom. The molecule has 0 aliphatic carbocycles. The average molecular weight is 646 g/mol. The molecule has 1 heterocycles. The largest absolute Gasteiger partial charge is 0.480 e. The van der Waals surface area contributed by atoms with Crippen LogP contribution in [0.2, 0.25) is 0 Å². The van der Waals surface area contributed by atoms with Crippen LogP contribution in [0.1, 0.15) is 78.7 Å². The van der Waals surface area contributed by atoms with E-state index in [4.69, 9.17) is 17.2 Å². The predicted molar refractivity (Wildman–Crippen MR) is 176 cm³/mol. The summed E-state index contributed by atoms with van der Waals surface area (Å²) in [4.78, 5) is 67.3. The van der Waals surface area contributed by atoms with Gasteiger partial charge >= 0.3 is 5.97 Å². The molecular formula is C33H55N7O6. The summed E-state index contributed by atoms with van der Waals surface area (Å²) < 4.78 is 0. The van der Waals surface area contributed by atoms with Crippen molar-refractivity contribution in [3.8, 4) is 0 Å². The number of amides is 4. The molecule has 10 N–H and O–H groups in total. The maximum absolute atomic E-state index is 13.8. The van der Waals surface area contributed by atoms with E-state index < -0.39 is 58.8 Å². The Bertz CT molecular complexity index is 1180. The average Bonchev–Trinajstić information content (AvgIpc) is 2.99. The molecule has 1 fully saturated rings. The summed E-state index contributed by atoms with van der Waals surface area (Å²) in [6, 6.07) is 5.44. The molecule has 46 heavy (non-hydrogen) atoms. The lowest BCUT2D eigenvalue weighted by Crippen LogP contribution is -2.61. The summed E-state index contributed by atoms with van der Waals surface area (Å²) >= 11 is 0. The molecule has 0 radical (unpaired) electrons. The van der Waals surface area contributed by atoms with Gasteiger partial charge in [0.15, 0.2) is 0 Å². The summed E-state index contributed by atoms with van der Waals surface area (Å²) in [5.41, 5.74) is 16.7. The lowest BCUT2D eigenvalue weighted by atomic mass is 9.86. The Morgan fingerprint density at radius 2 is 1.43 bits per heavy atom. The highest BCUT2D eigenvalue weighted by atomic mass is 16.4. The van der Waals surface area contributed by atoms with Crippen molar-refractivity contribution >= 4 is 29.6 Å². The number of hydrogen-bond acceptors (Lipinski definition) is 8. The minimum Gasteiger partial charge on any atom is -0.480 e. The molecule has 4 atom stereocenters. The van der Waals surface area contributed by atoms with Crippen LogP contribution in [0.5, 0.6) is 0 Å². The van der Waals surface area contributed by atoms with E-state index in [-0.39, 0.29) is 50.6 Å². The molecule has 4 amide bonds. The lowest BCUT2D eigenvalue weighted by molar-refractivity contribution is -0.148. The van der Waals surface area contributed by atoms with Gasteiger partial charge in [0.2, 0.25) is 23.6 Å². The highest BCUT2D eigenvalue weighted by Crippen LogP contribution is 2.22. The number of hydrogen-bond donors (Lipinski definition) is 7. The molecule has 0 aromatic heterocycles. The number of rotatable bonds is 16. The summed E-state index contributed by atoms with van der Waals surface area (Å²) in [7, 11) is 0. The number of nitrogens with zero attached hydrogens (tertiary/aromatic N) is 1. The van der Waals surface area contributed by atoms with Crippen LogP contribution in [0.4, 0.5) is 0 Å². The first kappa shape index (κ1) is 38.6. The van der Waals surface area contributed by atoms with Crippen LogP contribution in [0.25, 0.3) is 0 Å². The standard InChI is InChI=1S/C33H55N7O6/c1-21(2)19-24(38-28(42)25(20-22-11-7-6-8-12-22)39-29(43)26(35)32(3,4)5)27(41)37-23(13-9-10-16-34)30(44)40-17-14-33(36,15-18-40)31(45)46/h6-8,11-12,21,23-26H,9-10,13-20,34-36H2,1-5H3,(H,37,41)(H,38,42)(H,39,43)(H,45,46)/t23-,24-,25-,26?/m1/s1. The van der Waals surface area contributed by atoms with E-state index in [9.17, 15) is 29.1 Å².